The third kappa shape index (κ3) is 9.16. The lowest BCUT2D eigenvalue weighted by Crippen LogP contribution is -2.28. The van der Waals surface area contributed by atoms with Gasteiger partial charge in [-0.1, -0.05) is 32.0 Å². The Morgan fingerprint density at radius 1 is 0.886 bits per heavy atom. The van der Waals surface area contributed by atoms with Crippen LogP contribution in [0.1, 0.15) is 38.8 Å². The normalized spacial score (nSPS) is 13.0. The molecule has 192 valence electrons. The van der Waals surface area contributed by atoms with Gasteiger partial charge in [0.2, 0.25) is 0 Å². The van der Waals surface area contributed by atoms with Crippen LogP contribution in [0.5, 0.6) is 11.5 Å². The second-order valence-corrected chi connectivity index (χ2v) is 9.96. The molecule has 0 saturated heterocycles. The van der Waals surface area contributed by atoms with Gasteiger partial charge < -0.3 is 23.7 Å². The van der Waals surface area contributed by atoms with Crippen LogP contribution in [-0.2, 0) is 29.2 Å². The quantitative estimate of drug-likeness (QED) is 0.175. The first-order valence-electron chi connectivity index (χ1n) is 11.1. The summed E-state index contributed by atoms with van der Waals surface area (Å²) >= 11 is 8.09. The zero-order valence-corrected chi connectivity index (χ0v) is 23.6. The molecule has 2 aromatic rings. The molecule has 0 fully saturated rings. The first kappa shape index (κ1) is 29.2. The molecule has 0 radical (unpaired) electrons. The highest BCUT2D eigenvalue weighted by molar-refractivity contribution is 14.1. The van der Waals surface area contributed by atoms with E-state index in [4.69, 9.17) is 35.3 Å². The molecule has 2 atom stereocenters. The van der Waals surface area contributed by atoms with E-state index in [1.807, 2.05) is 36.4 Å². The maximum absolute atomic E-state index is 11.2. The average molecular weight is 619 g/mol. The number of carbonyl (C=O) groups excluding carboxylic acids is 2. The molecular weight excluding hydrogens is 587 g/mol. The van der Waals surface area contributed by atoms with Crippen molar-refractivity contribution >= 4 is 46.1 Å². The molecule has 9 heteroatoms. The fourth-order valence-electron chi connectivity index (χ4n) is 3.39. The number of rotatable bonds is 13. The second kappa shape index (κ2) is 13.9. The van der Waals surface area contributed by atoms with Crippen LogP contribution in [0.4, 0.5) is 0 Å². The minimum absolute atomic E-state index is 0.164. The minimum atomic E-state index is -0.499. The Morgan fingerprint density at radius 2 is 1.46 bits per heavy atom. The van der Waals surface area contributed by atoms with Gasteiger partial charge in [-0.15, -0.1) is 11.6 Å². The molecule has 0 amide bonds. The third-order valence-corrected chi connectivity index (χ3v) is 6.47. The molecule has 0 aromatic heterocycles. The zero-order valence-electron chi connectivity index (χ0n) is 20.6. The summed E-state index contributed by atoms with van der Waals surface area (Å²) < 4.78 is 28.0. The molecule has 35 heavy (non-hydrogen) atoms. The summed E-state index contributed by atoms with van der Waals surface area (Å²) in [5, 5.41) is 0. The number of methoxy groups -OCH3 is 1. The molecule has 0 unspecified atom stereocenters. The van der Waals surface area contributed by atoms with E-state index in [0.29, 0.717) is 11.5 Å². The Labute approximate surface area is 225 Å². The number of hydrogen-bond acceptors (Lipinski definition) is 7. The van der Waals surface area contributed by atoms with E-state index in [0.717, 1.165) is 14.7 Å². The Hall–Kier alpha value is -2.04. The Balaban J connectivity index is 2.06. The molecule has 2 rings (SSSR count). The number of ether oxygens (including phenoxy) is 5. The standard InChI is InChI=1S/C26H32ClIO7/c1-17(29)34-22(13-27)15-33-25-11-8-20(12-24(25)28)26(3,4)19-6-9-21(10-7-19)32-16-23(14-31-5)35-18(2)30/h6-12,22-23H,13-16H2,1-5H3/t22-,23-/m1/s1. The van der Waals surface area contributed by atoms with E-state index in [-0.39, 0.29) is 43.1 Å². The van der Waals surface area contributed by atoms with Gasteiger partial charge in [0.15, 0.2) is 6.10 Å². The number of alkyl halides is 1. The van der Waals surface area contributed by atoms with Crippen LogP contribution in [0.15, 0.2) is 42.5 Å². The SMILES string of the molecule is COC[C@H](COc1ccc(C(C)(C)c2ccc(OC[C@@H](CCl)OC(C)=O)c(I)c2)cc1)OC(C)=O. The summed E-state index contributed by atoms with van der Waals surface area (Å²) in [6.07, 6.45) is -0.967. The van der Waals surface area contributed by atoms with Crippen LogP contribution in [0, 0.1) is 3.57 Å². The van der Waals surface area contributed by atoms with Gasteiger partial charge in [0.1, 0.15) is 30.8 Å². The maximum Gasteiger partial charge on any atom is 0.303 e. The predicted octanol–water partition coefficient (Wildman–Crippen LogP) is 5.12. The van der Waals surface area contributed by atoms with Gasteiger partial charge in [0.25, 0.3) is 0 Å². The monoisotopic (exact) mass is 618 g/mol. The summed E-state index contributed by atoms with van der Waals surface area (Å²) in [4.78, 5) is 22.4. The van der Waals surface area contributed by atoms with Crippen molar-refractivity contribution in [3.05, 3.63) is 57.2 Å². The maximum atomic E-state index is 11.2. The summed E-state index contributed by atoms with van der Waals surface area (Å²) in [7, 11) is 1.55. The fourth-order valence-corrected chi connectivity index (χ4v) is 4.22. The lowest BCUT2D eigenvalue weighted by atomic mass is 9.78. The highest BCUT2D eigenvalue weighted by Crippen LogP contribution is 2.35. The summed E-state index contributed by atoms with van der Waals surface area (Å²) in [6, 6.07) is 13.9. The van der Waals surface area contributed by atoms with E-state index >= 15 is 0 Å². The summed E-state index contributed by atoms with van der Waals surface area (Å²) in [5.74, 6) is 0.786. The molecule has 0 spiro atoms. The Bertz CT molecular complexity index is 978. The fraction of sp³-hybridized carbons (Fsp3) is 0.462. The number of esters is 2. The molecule has 0 aliphatic carbocycles. The van der Waals surface area contributed by atoms with Crippen LogP contribution >= 0.6 is 34.2 Å². The van der Waals surface area contributed by atoms with E-state index < -0.39 is 12.2 Å². The van der Waals surface area contributed by atoms with Gasteiger partial charge in [0.05, 0.1) is 16.1 Å². The van der Waals surface area contributed by atoms with Crippen LogP contribution in [0.3, 0.4) is 0 Å². The molecule has 0 saturated carbocycles. The van der Waals surface area contributed by atoms with Gasteiger partial charge in [-0.05, 0) is 58.0 Å². The highest BCUT2D eigenvalue weighted by atomic mass is 127. The van der Waals surface area contributed by atoms with Crippen molar-refractivity contribution in [1.29, 1.82) is 0 Å². The molecular formula is C26H32ClIO7. The van der Waals surface area contributed by atoms with Crippen LogP contribution in [-0.4, -0.2) is 57.0 Å². The molecule has 0 bridgehead atoms. The van der Waals surface area contributed by atoms with Crippen molar-refractivity contribution in [1.82, 2.24) is 0 Å². The van der Waals surface area contributed by atoms with Crippen molar-refractivity contribution in [2.75, 3.05) is 32.8 Å². The molecule has 0 heterocycles. The van der Waals surface area contributed by atoms with Gasteiger partial charge in [-0.2, -0.15) is 0 Å². The van der Waals surface area contributed by atoms with Crippen LogP contribution in [0.2, 0.25) is 0 Å². The molecule has 2 aromatic carbocycles. The first-order chi connectivity index (χ1) is 16.6. The van der Waals surface area contributed by atoms with Crippen molar-refractivity contribution in [2.45, 2.75) is 45.3 Å². The van der Waals surface area contributed by atoms with Gasteiger partial charge in [-0.3, -0.25) is 9.59 Å². The minimum Gasteiger partial charge on any atom is -0.490 e. The number of carbonyl (C=O) groups is 2. The van der Waals surface area contributed by atoms with E-state index in [2.05, 4.69) is 42.5 Å². The predicted molar refractivity (Wildman–Crippen MR) is 142 cm³/mol. The zero-order chi connectivity index (χ0) is 26.0. The van der Waals surface area contributed by atoms with Gasteiger partial charge in [0, 0.05) is 26.4 Å². The smallest absolute Gasteiger partial charge is 0.303 e. The van der Waals surface area contributed by atoms with Gasteiger partial charge in [-0.25, -0.2) is 0 Å². The molecule has 0 aliphatic rings. The largest absolute Gasteiger partial charge is 0.490 e. The van der Waals surface area contributed by atoms with E-state index in [1.165, 1.54) is 13.8 Å². The third-order valence-electron chi connectivity index (χ3n) is 5.28. The van der Waals surface area contributed by atoms with Gasteiger partial charge >= 0.3 is 11.9 Å². The number of halogens is 2. The average Bonchev–Trinajstić information content (AvgIpc) is 2.80. The van der Waals surface area contributed by atoms with Crippen molar-refractivity contribution in [3.63, 3.8) is 0 Å². The Morgan fingerprint density at radius 3 is 2.00 bits per heavy atom. The van der Waals surface area contributed by atoms with Crippen molar-refractivity contribution < 1.29 is 33.3 Å². The lowest BCUT2D eigenvalue weighted by Gasteiger charge is -2.27. The topological polar surface area (TPSA) is 80.3 Å². The summed E-state index contributed by atoms with van der Waals surface area (Å²) in [5.41, 5.74) is 1.95. The Kier molecular flexibility index (Phi) is 11.6. The number of hydrogen-bond donors (Lipinski definition) is 0. The van der Waals surface area contributed by atoms with Crippen LogP contribution in [0.25, 0.3) is 0 Å². The van der Waals surface area contributed by atoms with Crippen molar-refractivity contribution in [2.24, 2.45) is 0 Å². The van der Waals surface area contributed by atoms with Crippen LogP contribution < -0.4 is 9.47 Å². The highest BCUT2D eigenvalue weighted by Gasteiger charge is 2.24. The molecule has 0 N–H and O–H groups in total. The molecule has 0 aliphatic heterocycles. The van der Waals surface area contributed by atoms with Crippen molar-refractivity contribution in [3.8, 4) is 11.5 Å². The van der Waals surface area contributed by atoms with E-state index in [9.17, 15) is 9.59 Å². The second-order valence-electron chi connectivity index (χ2n) is 8.49. The molecule has 7 nitrogen and oxygen atoms in total. The number of benzene rings is 2. The lowest BCUT2D eigenvalue weighted by molar-refractivity contribution is -0.150. The summed E-state index contributed by atoms with van der Waals surface area (Å²) in [6.45, 7) is 7.66. The first-order valence-corrected chi connectivity index (χ1v) is 12.7. The van der Waals surface area contributed by atoms with E-state index in [1.54, 1.807) is 7.11 Å².